The van der Waals surface area contributed by atoms with Crippen molar-refractivity contribution in [3.63, 3.8) is 0 Å². The number of carbonyl (C=O) groups excluding carboxylic acids is 1. The van der Waals surface area contributed by atoms with E-state index in [0.29, 0.717) is 18.1 Å². The lowest BCUT2D eigenvalue weighted by Gasteiger charge is -2.12. The molecule has 0 saturated carbocycles. The van der Waals surface area contributed by atoms with Gasteiger partial charge in [0.2, 0.25) is 5.91 Å². The number of benzene rings is 1. The fourth-order valence-corrected chi connectivity index (χ4v) is 4.58. The third-order valence-electron chi connectivity index (χ3n) is 4.05. The van der Waals surface area contributed by atoms with Crippen molar-refractivity contribution in [1.82, 2.24) is 20.1 Å². The first-order valence-electron chi connectivity index (χ1n) is 7.81. The molecule has 1 fully saturated rings. The molecular formula is C16H20N4O3S. The Bertz CT molecular complexity index is 873. The summed E-state index contributed by atoms with van der Waals surface area (Å²) < 4.78 is 24.5. The van der Waals surface area contributed by atoms with E-state index in [0.717, 1.165) is 11.1 Å². The lowest BCUT2D eigenvalue weighted by Crippen LogP contribution is -2.38. The summed E-state index contributed by atoms with van der Waals surface area (Å²) in [6.07, 6.45) is 0.467. The average molecular weight is 348 g/mol. The topological polar surface area (TPSA) is 94.0 Å². The number of sulfone groups is 1. The lowest BCUT2D eigenvalue weighted by molar-refractivity contribution is -0.122. The molecule has 0 radical (unpaired) electrons. The lowest BCUT2D eigenvalue weighted by atomic mass is 10.1. The van der Waals surface area contributed by atoms with E-state index in [9.17, 15) is 13.2 Å². The van der Waals surface area contributed by atoms with Gasteiger partial charge in [0.05, 0.1) is 11.5 Å². The molecule has 0 aliphatic carbocycles. The first-order chi connectivity index (χ1) is 11.3. The van der Waals surface area contributed by atoms with Gasteiger partial charge in [-0.15, -0.1) is 0 Å². The normalized spacial score (nSPS) is 19.3. The number of hydrogen-bond donors (Lipinski definition) is 1. The third kappa shape index (κ3) is 3.64. The Hall–Kier alpha value is -2.22. The van der Waals surface area contributed by atoms with Crippen molar-refractivity contribution in [2.24, 2.45) is 0 Å². The first kappa shape index (κ1) is 16.6. The Balaban J connectivity index is 1.76. The molecule has 1 unspecified atom stereocenters. The average Bonchev–Trinajstić information content (AvgIpc) is 3.01. The van der Waals surface area contributed by atoms with Gasteiger partial charge in [-0.3, -0.25) is 4.79 Å². The Morgan fingerprint density at radius 3 is 2.75 bits per heavy atom. The van der Waals surface area contributed by atoms with Gasteiger partial charge in [0.15, 0.2) is 15.7 Å². The number of amides is 1. The molecule has 0 spiro atoms. The monoisotopic (exact) mass is 348 g/mol. The quantitative estimate of drug-likeness (QED) is 0.885. The molecular weight excluding hydrogens is 328 g/mol. The van der Waals surface area contributed by atoms with Crippen LogP contribution in [0.3, 0.4) is 0 Å². The molecule has 0 bridgehead atoms. The molecule has 8 heteroatoms. The maximum absolute atomic E-state index is 12.3. The number of nitrogens with zero attached hydrogens (tertiary/aromatic N) is 3. The molecule has 1 saturated heterocycles. The van der Waals surface area contributed by atoms with E-state index in [1.54, 1.807) is 11.6 Å². The van der Waals surface area contributed by atoms with Crippen LogP contribution in [-0.4, -0.2) is 46.6 Å². The molecule has 1 aromatic heterocycles. The SMILES string of the molecule is Cc1nc(-c2ccccc2C)n(CC(=O)NC2CCS(=O)(=O)C2)n1. The summed E-state index contributed by atoms with van der Waals surface area (Å²) in [7, 11) is -3.02. The molecule has 1 aliphatic heterocycles. The summed E-state index contributed by atoms with van der Waals surface area (Å²) in [6, 6.07) is 7.47. The number of aromatic nitrogens is 3. The predicted octanol–water partition coefficient (Wildman–Crippen LogP) is 0.865. The number of hydrogen-bond acceptors (Lipinski definition) is 5. The van der Waals surface area contributed by atoms with Gasteiger partial charge >= 0.3 is 0 Å². The highest BCUT2D eigenvalue weighted by molar-refractivity contribution is 7.91. The number of rotatable bonds is 4. The second-order valence-corrected chi connectivity index (χ2v) is 8.35. The fourth-order valence-electron chi connectivity index (χ4n) is 2.91. The predicted molar refractivity (Wildman–Crippen MR) is 90.1 cm³/mol. The Morgan fingerprint density at radius 2 is 2.08 bits per heavy atom. The summed E-state index contributed by atoms with van der Waals surface area (Å²) in [5.41, 5.74) is 1.97. The summed E-state index contributed by atoms with van der Waals surface area (Å²) in [4.78, 5) is 16.7. The van der Waals surface area contributed by atoms with Crippen molar-refractivity contribution in [1.29, 1.82) is 0 Å². The maximum atomic E-state index is 12.3. The highest BCUT2D eigenvalue weighted by atomic mass is 32.2. The summed E-state index contributed by atoms with van der Waals surface area (Å²) >= 11 is 0. The van der Waals surface area contributed by atoms with Crippen LogP contribution in [0.5, 0.6) is 0 Å². The molecule has 1 amide bonds. The third-order valence-corrected chi connectivity index (χ3v) is 5.82. The molecule has 1 N–H and O–H groups in total. The fraction of sp³-hybridized carbons (Fsp3) is 0.438. The maximum Gasteiger partial charge on any atom is 0.242 e. The van der Waals surface area contributed by atoms with Crippen LogP contribution in [-0.2, 0) is 21.2 Å². The summed E-state index contributed by atoms with van der Waals surface area (Å²) in [5, 5.41) is 7.08. The van der Waals surface area contributed by atoms with Gasteiger partial charge in [-0.05, 0) is 25.8 Å². The van der Waals surface area contributed by atoms with Crippen LogP contribution in [0.15, 0.2) is 24.3 Å². The zero-order valence-electron chi connectivity index (χ0n) is 13.7. The van der Waals surface area contributed by atoms with Crippen LogP contribution in [0.1, 0.15) is 17.8 Å². The number of nitrogens with one attached hydrogen (secondary N) is 1. The molecule has 1 aliphatic rings. The molecule has 7 nitrogen and oxygen atoms in total. The zero-order valence-corrected chi connectivity index (χ0v) is 14.5. The van der Waals surface area contributed by atoms with E-state index in [1.807, 2.05) is 31.2 Å². The van der Waals surface area contributed by atoms with Crippen molar-refractivity contribution in [2.75, 3.05) is 11.5 Å². The first-order valence-corrected chi connectivity index (χ1v) is 9.63. The zero-order chi connectivity index (χ0) is 17.3. The second-order valence-electron chi connectivity index (χ2n) is 6.12. The molecule has 128 valence electrons. The van der Waals surface area contributed by atoms with Crippen LogP contribution in [0.2, 0.25) is 0 Å². The van der Waals surface area contributed by atoms with E-state index in [-0.39, 0.29) is 30.0 Å². The van der Waals surface area contributed by atoms with Gasteiger partial charge in [-0.25, -0.2) is 18.1 Å². The largest absolute Gasteiger partial charge is 0.351 e. The molecule has 1 atom stereocenters. The van der Waals surface area contributed by atoms with Gasteiger partial charge in [0.1, 0.15) is 12.4 Å². The van der Waals surface area contributed by atoms with Gasteiger partial charge in [0, 0.05) is 11.6 Å². The van der Waals surface area contributed by atoms with Gasteiger partial charge in [0.25, 0.3) is 0 Å². The van der Waals surface area contributed by atoms with Gasteiger partial charge < -0.3 is 5.32 Å². The van der Waals surface area contributed by atoms with E-state index < -0.39 is 9.84 Å². The number of aryl methyl sites for hydroxylation is 2. The highest BCUT2D eigenvalue weighted by Gasteiger charge is 2.29. The smallest absolute Gasteiger partial charge is 0.242 e. The summed E-state index contributed by atoms with van der Waals surface area (Å²) in [6.45, 7) is 3.77. The van der Waals surface area contributed by atoms with Crippen molar-refractivity contribution < 1.29 is 13.2 Å². The Labute approximate surface area is 141 Å². The van der Waals surface area contributed by atoms with Crippen LogP contribution in [0, 0.1) is 13.8 Å². The molecule has 24 heavy (non-hydrogen) atoms. The number of carbonyl (C=O) groups is 1. The molecule has 3 rings (SSSR count). The standard InChI is InChI=1S/C16H20N4O3S/c1-11-5-3-4-6-14(11)16-17-12(2)19-20(16)9-15(21)18-13-7-8-24(22,23)10-13/h3-6,13H,7-10H2,1-2H3,(H,18,21). The minimum absolute atomic E-state index is 0.0137. The van der Waals surface area contributed by atoms with Crippen molar-refractivity contribution in [2.45, 2.75) is 32.9 Å². The van der Waals surface area contributed by atoms with Crippen LogP contribution in [0.25, 0.3) is 11.4 Å². The second kappa shape index (κ2) is 6.35. The van der Waals surface area contributed by atoms with Gasteiger partial charge in [-0.1, -0.05) is 24.3 Å². The van der Waals surface area contributed by atoms with Gasteiger partial charge in [-0.2, -0.15) is 5.10 Å². The van der Waals surface area contributed by atoms with Crippen molar-refractivity contribution in [3.05, 3.63) is 35.7 Å². The van der Waals surface area contributed by atoms with E-state index in [4.69, 9.17) is 0 Å². The van der Waals surface area contributed by atoms with E-state index in [1.165, 1.54) is 0 Å². The van der Waals surface area contributed by atoms with E-state index in [2.05, 4.69) is 15.4 Å². The molecule has 2 heterocycles. The Morgan fingerprint density at radius 1 is 1.33 bits per heavy atom. The minimum Gasteiger partial charge on any atom is -0.351 e. The van der Waals surface area contributed by atoms with Crippen molar-refractivity contribution in [3.8, 4) is 11.4 Å². The van der Waals surface area contributed by atoms with Crippen LogP contribution in [0.4, 0.5) is 0 Å². The minimum atomic E-state index is -3.02. The Kier molecular flexibility index (Phi) is 4.40. The molecule has 2 aromatic rings. The van der Waals surface area contributed by atoms with E-state index >= 15 is 0 Å². The molecule has 1 aromatic carbocycles. The van der Waals surface area contributed by atoms with Crippen LogP contribution >= 0.6 is 0 Å². The van der Waals surface area contributed by atoms with Crippen molar-refractivity contribution >= 4 is 15.7 Å². The van der Waals surface area contributed by atoms with Crippen LogP contribution < -0.4 is 5.32 Å². The summed E-state index contributed by atoms with van der Waals surface area (Å²) in [5.74, 6) is 1.12. The highest BCUT2D eigenvalue weighted by Crippen LogP contribution is 2.21.